The lowest BCUT2D eigenvalue weighted by molar-refractivity contribution is 0.424. The van der Waals surface area contributed by atoms with Crippen LogP contribution in [0.2, 0.25) is 0 Å². The van der Waals surface area contributed by atoms with Gasteiger partial charge >= 0.3 is 0 Å². The van der Waals surface area contributed by atoms with E-state index in [4.69, 9.17) is 0 Å². The molecule has 0 aliphatic carbocycles. The number of nitrogens with zero attached hydrogens (tertiary/aromatic N) is 1. The van der Waals surface area contributed by atoms with Gasteiger partial charge in [0.1, 0.15) is 0 Å². The second-order valence-corrected chi connectivity index (χ2v) is 8.56. The van der Waals surface area contributed by atoms with Crippen LogP contribution in [-0.2, 0) is 16.6 Å². The van der Waals surface area contributed by atoms with Gasteiger partial charge in [-0.05, 0) is 55.2 Å². The number of hydrogen-bond donors (Lipinski definition) is 1. The summed E-state index contributed by atoms with van der Waals surface area (Å²) in [7, 11) is -3.37. The van der Waals surface area contributed by atoms with Gasteiger partial charge in [-0.3, -0.25) is 0 Å². The molecule has 0 atom stereocenters. The van der Waals surface area contributed by atoms with Crippen LogP contribution in [0.3, 0.4) is 0 Å². The first-order valence-corrected chi connectivity index (χ1v) is 10.4. The van der Waals surface area contributed by atoms with Crippen LogP contribution in [-0.4, -0.2) is 25.8 Å². The molecule has 5 heteroatoms. The molecular formula is C20H26N2O2S. The Morgan fingerprint density at radius 2 is 1.56 bits per heavy atom. The third-order valence-corrected chi connectivity index (χ3v) is 6.71. The molecule has 2 aromatic rings. The van der Waals surface area contributed by atoms with Crippen LogP contribution in [0.25, 0.3) is 0 Å². The lowest BCUT2D eigenvalue weighted by atomic mass is 10.1. The van der Waals surface area contributed by atoms with Gasteiger partial charge in [0, 0.05) is 25.3 Å². The van der Waals surface area contributed by atoms with Crippen LogP contribution < -0.4 is 5.32 Å². The molecule has 0 radical (unpaired) electrons. The Morgan fingerprint density at radius 3 is 2.20 bits per heavy atom. The zero-order valence-electron chi connectivity index (χ0n) is 14.7. The molecule has 134 valence electrons. The van der Waals surface area contributed by atoms with Crippen molar-refractivity contribution in [3.05, 3.63) is 59.7 Å². The summed E-state index contributed by atoms with van der Waals surface area (Å²) in [6, 6.07) is 15.4. The van der Waals surface area contributed by atoms with E-state index in [0.29, 0.717) is 18.0 Å². The van der Waals surface area contributed by atoms with Gasteiger partial charge < -0.3 is 5.32 Å². The SMILES string of the molecule is Cc1ccccc1CNc1ccc(S(=O)(=O)N2CCCCCC2)cc1. The maximum Gasteiger partial charge on any atom is 0.243 e. The van der Waals surface area contributed by atoms with E-state index in [1.807, 2.05) is 24.3 Å². The third kappa shape index (κ3) is 4.41. The van der Waals surface area contributed by atoms with Gasteiger partial charge in [0.25, 0.3) is 0 Å². The van der Waals surface area contributed by atoms with Crippen molar-refractivity contribution in [2.45, 2.75) is 44.0 Å². The summed E-state index contributed by atoms with van der Waals surface area (Å²) in [6.07, 6.45) is 4.14. The maximum atomic E-state index is 12.8. The molecule has 4 nitrogen and oxygen atoms in total. The van der Waals surface area contributed by atoms with Crippen molar-refractivity contribution < 1.29 is 8.42 Å². The summed E-state index contributed by atoms with van der Waals surface area (Å²) < 4.78 is 27.2. The van der Waals surface area contributed by atoms with Gasteiger partial charge in [-0.2, -0.15) is 4.31 Å². The summed E-state index contributed by atoms with van der Waals surface area (Å²) in [5.41, 5.74) is 3.41. The van der Waals surface area contributed by atoms with Crippen molar-refractivity contribution in [3.8, 4) is 0 Å². The zero-order valence-corrected chi connectivity index (χ0v) is 15.6. The van der Waals surface area contributed by atoms with Crippen LogP contribution in [0.4, 0.5) is 5.69 Å². The molecule has 1 fully saturated rings. The Bertz CT molecular complexity index is 793. The Morgan fingerprint density at radius 1 is 0.920 bits per heavy atom. The summed E-state index contributed by atoms with van der Waals surface area (Å²) in [5.74, 6) is 0. The number of sulfonamides is 1. The molecule has 1 N–H and O–H groups in total. The number of nitrogens with one attached hydrogen (secondary N) is 1. The Kier molecular flexibility index (Phi) is 5.76. The van der Waals surface area contributed by atoms with Crippen molar-refractivity contribution in [1.82, 2.24) is 4.31 Å². The molecule has 0 amide bonds. The number of rotatable bonds is 5. The highest BCUT2D eigenvalue weighted by atomic mass is 32.2. The predicted octanol–water partition coefficient (Wildman–Crippen LogP) is 4.17. The molecule has 0 bridgehead atoms. The van der Waals surface area contributed by atoms with Gasteiger partial charge in [-0.25, -0.2) is 8.42 Å². The highest BCUT2D eigenvalue weighted by molar-refractivity contribution is 7.89. The topological polar surface area (TPSA) is 49.4 Å². The van der Waals surface area contributed by atoms with E-state index in [1.165, 1.54) is 11.1 Å². The second-order valence-electron chi connectivity index (χ2n) is 6.62. The highest BCUT2D eigenvalue weighted by Gasteiger charge is 2.24. The fourth-order valence-electron chi connectivity index (χ4n) is 3.18. The summed E-state index contributed by atoms with van der Waals surface area (Å²) in [5, 5.41) is 3.36. The van der Waals surface area contributed by atoms with Crippen LogP contribution >= 0.6 is 0 Å². The van der Waals surface area contributed by atoms with E-state index in [-0.39, 0.29) is 0 Å². The van der Waals surface area contributed by atoms with E-state index in [1.54, 1.807) is 16.4 Å². The molecule has 3 rings (SSSR count). The standard InChI is InChI=1S/C20H26N2O2S/c1-17-8-4-5-9-18(17)16-21-19-10-12-20(13-11-19)25(23,24)22-14-6-2-3-7-15-22/h4-5,8-13,21H,2-3,6-7,14-16H2,1H3. The Balaban J connectivity index is 1.68. The Hall–Kier alpha value is -1.85. The first kappa shape index (κ1) is 18.0. The second kappa shape index (κ2) is 8.02. The van der Waals surface area contributed by atoms with Crippen molar-refractivity contribution in [2.75, 3.05) is 18.4 Å². The highest BCUT2D eigenvalue weighted by Crippen LogP contribution is 2.22. The van der Waals surface area contributed by atoms with E-state index < -0.39 is 10.0 Å². The van der Waals surface area contributed by atoms with Gasteiger partial charge in [-0.15, -0.1) is 0 Å². The molecule has 0 saturated carbocycles. The molecule has 25 heavy (non-hydrogen) atoms. The largest absolute Gasteiger partial charge is 0.381 e. The zero-order chi connectivity index (χ0) is 17.7. The van der Waals surface area contributed by atoms with Gasteiger partial charge in [0.2, 0.25) is 10.0 Å². The van der Waals surface area contributed by atoms with E-state index >= 15 is 0 Å². The lowest BCUT2D eigenvalue weighted by Gasteiger charge is -2.20. The number of hydrogen-bond acceptors (Lipinski definition) is 3. The van der Waals surface area contributed by atoms with Crippen molar-refractivity contribution >= 4 is 15.7 Å². The van der Waals surface area contributed by atoms with Crippen molar-refractivity contribution in [1.29, 1.82) is 0 Å². The summed E-state index contributed by atoms with van der Waals surface area (Å²) in [4.78, 5) is 0.385. The minimum atomic E-state index is -3.37. The van der Waals surface area contributed by atoms with E-state index in [9.17, 15) is 8.42 Å². The third-order valence-electron chi connectivity index (χ3n) is 4.80. The molecular weight excluding hydrogens is 332 g/mol. The first-order chi connectivity index (χ1) is 12.1. The smallest absolute Gasteiger partial charge is 0.243 e. The van der Waals surface area contributed by atoms with Crippen LogP contribution in [0.5, 0.6) is 0 Å². The molecule has 0 aromatic heterocycles. The summed E-state index contributed by atoms with van der Waals surface area (Å²) >= 11 is 0. The van der Waals surface area contributed by atoms with E-state index in [2.05, 4.69) is 24.4 Å². The van der Waals surface area contributed by atoms with Crippen LogP contribution in [0, 0.1) is 6.92 Å². The fraction of sp³-hybridized carbons (Fsp3) is 0.400. The predicted molar refractivity (Wildman–Crippen MR) is 102 cm³/mol. The van der Waals surface area contributed by atoms with Gasteiger partial charge in [0.05, 0.1) is 4.90 Å². The monoisotopic (exact) mass is 358 g/mol. The number of aryl methyl sites for hydroxylation is 1. The molecule has 1 aliphatic heterocycles. The van der Waals surface area contributed by atoms with Crippen LogP contribution in [0.1, 0.15) is 36.8 Å². The van der Waals surface area contributed by atoms with E-state index in [0.717, 1.165) is 37.9 Å². The Labute approximate surface area is 150 Å². The molecule has 2 aromatic carbocycles. The van der Waals surface area contributed by atoms with Crippen molar-refractivity contribution in [2.24, 2.45) is 0 Å². The number of benzene rings is 2. The molecule has 0 unspecified atom stereocenters. The average molecular weight is 359 g/mol. The lowest BCUT2D eigenvalue weighted by Crippen LogP contribution is -2.31. The fourth-order valence-corrected chi connectivity index (χ4v) is 4.70. The number of anilines is 1. The van der Waals surface area contributed by atoms with Crippen LogP contribution in [0.15, 0.2) is 53.4 Å². The van der Waals surface area contributed by atoms with Gasteiger partial charge in [0.15, 0.2) is 0 Å². The van der Waals surface area contributed by atoms with Gasteiger partial charge in [-0.1, -0.05) is 37.1 Å². The molecule has 1 heterocycles. The summed E-state index contributed by atoms with van der Waals surface area (Å²) in [6.45, 7) is 4.09. The average Bonchev–Trinajstić information content (AvgIpc) is 2.91. The minimum Gasteiger partial charge on any atom is -0.381 e. The molecule has 1 saturated heterocycles. The minimum absolute atomic E-state index is 0.385. The molecule has 1 aliphatic rings. The first-order valence-electron chi connectivity index (χ1n) is 8.96. The van der Waals surface area contributed by atoms with Crippen molar-refractivity contribution in [3.63, 3.8) is 0 Å². The quantitative estimate of drug-likeness (QED) is 0.872. The molecule has 0 spiro atoms. The normalized spacial score (nSPS) is 16.4. The maximum absolute atomic E-state index is 12.8.